The molecule has 0 rings (SSSR count). The van der Waals surface area contributed by atoms with Crippen molar-refractivity contribution in [3.63, 3.8) is 0 Å². The molecule has 0 saturated carbocycles. The van der Waals surface area contributed by atoms with Crippen LogP contribution in [0.2, 0.25) is 0 Å². The smallest absolute Gasteiger partial charge is 0.0466 e. The lowest BCUT2D eigenvalue weighted by Crippen LogP contribution is -1.96. The minimum absolute atomic E-state index is 0.962. The van der Waals surface area contributed by atoms with E-state index in [-0.39, 0.29) is 0 Å². The molecule has 0 unspecified atom stereocenters. The van der Waals surface area contributed by atoms with Crippen molar-refractivity contribution < 1.29 is 4.74 Å². The zero-order valence-corrected chi connectivity index (χ0v) is 14.7. The summed E-state index contributed by atoms with van der Waals surface area (Å²) in [4.78, 5) is 0. The molecule has 0 atom stereocenters. The largest absolute Gasteiger partial charge is 0.381 e. The summed E-state index contributed by atoms with van der Waals surface area (Å²) >= 11 is 0. The van der Waals surface area contributed by atoms with Crippen LogP contribution in [0.3, 0.4) is 0 Å². The van der Waals surface area contributed by atoms with Gasteiger partial charge in [0.15, 0.2) is 0 Å². The van der Waals surface area contributed by atoms with Gasteiger partial charge in [0.1, 0.15) is 0 Å². The van der Waals surface area contributed by atoms with Crippen LogP contribution in [-0.4, -0.2) is 13.2 Å². The maximum Gasteiger partial charge on any atom is 0.0466 e. The molecule has 0 saturated heterocycles. The van der Waals surface area contributed by atoms with Crippen LogP contribution in [-0.2, 0) is 4.74 Å². The standard InChI is InChI=1S/C20H40O/c1-3-5-7-8-9-10-11-12-13-14-15-16-17-18-20-21-19-6-4-2/h3H,1,4-20H2,2H3. The van der Waals surface area contributed by atoms with E-state index in [2.05, 4.69) is 13.5 Å². The molecule has 0 fully saturated rings. The molecular weight excluding hydrogens is 256 g/mol. The van der Waals surface area contributed by atoms with Crippen LogP contribution in [0.25, 0.3) is 0 Å². The monoisotopic (exact) mass is 296 g/mol. The molecule has 126 valence electrons. The maximum atomic E-state index is 5.58. The van der Waals surface area contributed by atoms with Gasteiger partial charge >= 0.3 is 0 Å². The number of rotatable bonds is 18. The number of unbranched alkanes of at least 4 members (excludes halogenated alkanes) is 13. The summed E-state index contributed by atoms with van der Waals surface area (Å²) in [6.45, 7) is 7.92. The fraction of sp³-hybridized carbons (Fsp3) is 0.900. The first-order chi connectivity index (χ1) is 10.4. The third-order valence-electron chi connectivity index (χ3n) is 4.09. The Morgan fingerprint density at radius 2 is 1.05 bits per heavy atom. The number of allylic oxidation sites excluding steroid dienone is 1. The van der Waals surface area contributed by atoms with Crippen LogP contribution in [0.4, 0.5) is 0 Å². The molecule has 0 aliphatic rings. The van der Waals surface area contributed by atoms with Gasteiger partial charge in [-0.2, -0.15) is 0 Å². The van der Waals surface area contributed by atoms with E-state index in [0.29, 0.717) is 0 Å². The van der Waals surface area contributed by atoms with E-state index < -0.39 is 0 Å². The van der Waals surface area contributed by atoms with E-state index in [4.69, 9.17) is 4.74 Å². The Morgan fingerprint density at radius 1 is 0.619 bits per heavy atom. The quantitative estimate of drug-likeness (QED) is 0.194. The van der Waals surface area contributed by atoms with E-state index in [1.54, 1.807) is 0 Å². The zero-order valence-electron chi connectivity index (χ0n) is 14.7. The topological polar surface area (TPSA) is 9.23 Å². The van der Waals surface area contributed by atoms with Crippen LogP contribution in [0.5, 0.6) is 0 Å². The molecular formula is C20H40O. The molecule has 1 nitrogen and oxygen atoms in total. The lowest BCUT2D eigenvalue weighted by atomic mass is 10.0. The van der Waals surface area contributed by atoms with Crippen LogP contribution >= 0.6 is 0 Å². The summed E-state index contributed by atoms with van der Waals surface area (Å²) in [5.41, 5.74) is 0. The number of hydrogen-bond acceptors (Lipinski definition) is 1. The van der Waals surface area contributed by atoms with Crippen molar-refractivity contribution in [3.05, 3.63) is 12.7 Å². The van der Waals surface area contributed by atoms with Crippen molar-refractivity contribution in [2.24, 2.45) is 0 Å². The van der Waals surface area contributed by atoms with Gasteiger partial charge in [-0.05, 0) is 25.7 Å². The van der Waals surface area contributed by atoms with Crippen LogP contribution in [0.15, 0.2) is 12.7 Å². The molecule has 1 heteroatoms. The molecule has 0 spiro atoms. The highest BCUT2D eigenvalue weighted by Crippen LogP contribution is 2.12. The first-order valence-corrected chi connectivity index (χ1v) is 9.60. The molecule has 0 aromatic rings. The fourth-order valence-electron chi connectivity index (χ4n) is 2.61. The zero-order chi connectivity index (χ0) is 15.4. The summed E-state index contributed by atoms with van der Waals surface area (Å²) in [6, 6.07) is 0. The Kier molecular flexibility index (Phi) is 19.4. The van der Waals surface area contributed by atoms with Crippen molar-refractivity contribution in [2.45, 2.75) is 103 Å². The normalized spacial score (nSPS) is 10.9. The average molecular weight is 297 g/mol. The van der Waals surface area contributed by atoms with E-state index in [0.717, 1.165) is 13.2 Å². The van der Waals surface area contributed by atoms with Crippen molar-refractivity contribution in [3.8, 4) is 0 Å². The molecule has 21 heavy (non-hydrogen) atoms. The van der Waals surface area contributed by atoms with Gasteiger partial charge in [-0.15, -0.1) is 6.58 Å². The van der Waals surface area contributed by atoms with E-state index >= 15 is 0 Å². The van der Waals surface area contributed by atoms with Gasteiger partial charge in [0.2, 0.25) is 0 Å². The predicted molar refractivity (Wildman–Crippen MR) is 95.9 cm³/mol. The number of ether oxygens (including phenoxy) is 1. The van der Waals surface area contributed by atoms with E-state index in [1.165, 1.54) is 96.3 Å². The van der Waals surface area contributed by atoms with Crippen molar-refractivity contribution >= 4 is 0 Å². The summed E-state index contributed by atoms with van der Waals surface area (Å²) in [5.74, 6) is 0. The Bertz CT molecular complexity index is 188. The third kappa shape index (κ3) is 19.7. The minimum atomic E-state index is 0.962. The second-order valence-corrected chi connectivity index (χ2v) is 6.29. The molecule has 0 N–H and O–H groups in total. The first kappa shape index (κ1) is 20.7. The summed E-state index contributed by atoms with van der Waals surface area (Å²) < 4.78 is 5.58. The van der Waals surface area contributed by atoms with Gasteiger partial charge in [0, 0.05) is 13.2 Å². The highest BCUT2D eigenvalue weighted by molar-refractivity contribution is 4.65. The van der Waals surface area contributed by atoms with E-state index in [9.17, 15) is 0 Å². The average Bonchev–Trinajstić information content (AvgIpc) is 2.50. The van der Waals surface area contributed by atoms with Crippen LogP contribution in [0, 0.1) is 0 Å². The summed E-state index contributed by atoms with van der Waals surface area (Å²) in [7, 11) is 0. The summed E-state index contributed by atoms with van der Waals surface area (Å²) in [6.07, 6.45) is 22.5. The summed E-state index contributed by atoms with van der Waals surface area (Å²) in [5, 5.41) is 0. The molecule has 0 amide bonds. The van der Waals surface area contributed by atoms with Crippen LogP contribution in [0.1, 0.15) is 103 Å². The third-order valence-corrected chi connectivity index (χ3v) is 4.09. The van der Waals surface area contributed by atoms with E-state index in [1.807, 2.05) is 6.08 Å². The molecule has 0 aliphatic carbocycles. The first-order valence-electron chi connectivity index (χ1n) is 9.60. The Balaban J connectivity index is 2.91. The van der Waals surface area contributed by atoms with Gasteiger partial charge in [-0.1, -0.05) is 83.6 Å². The highest BCUT2D eigenvalue weighted by atomic mass is 16.5. The predicted octanol–water partition coefficient (Wildman–Crippen LogP) is 7.06. The van der Waals surface area contributed by atoms with Gasteiger partial charge in [-0.3, -0.25) is 0 Å². The lowest BCUT2D eigenvalue weighted by Gasteiger charge is -2.04. The second kappa shape index (κ2) is 19.7. The van der Waals surface area contributed by atoms with Gasteiger partial charge < -0.3 is 4.74 Å². The van der Waals surface area contributed by atoms with Crippen molar-refractivity contribution in [2.75, 3.05) is 13.2 Å². The molecule has 0 heterocycles. The SMILES string of the molecule is C=CCCCCCCCCCCCCCCOCCCC. The lowest BCUT2D eigenvalue weighted by molar-refractivity contribution is 0.127. The van der Waals surface area contributed by atoms with Crippen molar-refractivity contribution in [1.82, 2.24) is 0 Å². The molecule has 0 bridgehead atoms. The Labute approximate surface area is 134 Å². The van der Waals surface area contributed by atoms with Gasteiger partial charge in [0.25, 0.3) is 0 Å². The molecule has 0 aromatic heterocycles. The van der Waals surface area contributed by atoms with Crippen LogP contribution < -0.4 is 0 Å². The maximum absolute atomic E-state index is 5.58. The Morgan fingerprint density at radius 3 is 1.52 bits per heavy atom. The van der Waals surface area contributed by atoms with Gasteiger partial charge in [-0.25, -0.2) is 0 Å². The molecule has 0 aromatic carbocycles. The highest BCUT2D eigenvalue weighted by Gasteiger charge is 1.94. The number of hydrogen-bond donors (Lipinski definition) is 0. The van der Waals surface area contributed by atoms with Gasteiger partial charge in [0.05, 0.1) is 0 Å². The molecule has 0 radical (unpaired) electrons. The molecule has 0 aliphatic heterocycles. The second-order valence-electron chi connectivity index (χ2n) is 6.29. The Hall–Kier alpha value is -0.300. The minimum Gasteiger partial charge on any atom is -0.381 e. The fourth-order valence-corrected chi connectivity index (χ4v) is 2.61. The van der Waals surface area contributed by atoms with Crippen molar-refractivity contribution in [1.29, 1.82) is 0 Å².